The van der Waals surface area contributed by atoms with E-state index in [0.29, 0.717) is 34.9 Å². The maximum atomic E-state index is 13.3. The van der Waals surface area contributed by atoms with Gasteiger partial charge in [0.2, 0.25) is 5.95 Å². The maximum absolute atomic E-state index is 13.3. The molecule has 3 aromatic rings. The topological polar surface area (TPSA) is 98.2 Å². The molecule has 0 saturated carbocycles. The molecule has 24 heavy (non-hydrogen) atoms. The van der Waals surface area contributed by atoms with Crippen molar-refractivity contribution in [2.24, 2.45) is 4.99 Å². The molecule has 124 valence electrons. The van der Waals surface area contributed by atoms with Crippen LogP contribution in [-0.2, 0) is 0 Å². The van der Waals surface area contributed by atoms with Gasteiger partial charge >= 0.3 is 0 Å². The first kappa shape index (κ1) is 16.2. The van der Waals surface area contributed by atoms with Crippen LogP contribution < -0.4 is 10.8 Å². The second-order valence-corrected chi connectivity index (χ2v) is 5.25. The number of hydrogen-bond acceptors (Lipinski definition) is 5. The molecular formula is C15H14ClFN6O. The monoisotopic (exact) mass is 348 g/mol. The molecule has 0 fully saturated rings. The number of rotatable bonds is 4. The van der Waals surface area contributed by atoms with E-state index >= 15 is 0 Å². The van der Waals surface area contributed by atoms with E-state index in [2.05, 4.69) is 30.7 Å². The number of fused-ring (bicyclic) bond motifs is 1. The minimum atomic E-state index is -0.538. The number of amidine groups is 1. The fraction of sp³-hybridized carbons (Fsp3) is 0.133. The summed E-state index contributed by atoms with van der Waals surface area (Å²) in [6, 6.07) is 5.69. The first-order chi connectivity index (χ1) is 11.6. The zero-order chi connectivity index (χ0) is 17.1. The number of H-pyrrole nitrogens is 1. The molecule has 0 spiro atoms. The first-order valence-corrected chi connectivity index (χ1v) is 7.53. The Morgan fingerprint density at radius 3 is 2.96 bits per heavy atom. The van der Waals surface area contributed by atoms with Gasteiger partial charge in [-0.3, -0.25) is 10.7 Å². The quantitative estimate of drug-likeness (QED) is 0.329. The van der Waals surface area contributed by atoms with Gasteiger partial charge in [-0.05, 0) is 31.2 Å². The number of hydrogen-bond donors (Lipinski definition) is 4. The second kappa shape index (κ2) is 6.81. The van der Waals surface area contributed by atoms with Gasteiger partial charge in [0.1, 0.15) is 5.82 Å². The van der Waals surface area contributed by atoms with Crippen LogP contribution in [0.15, 0.2) is 35.5 Å². The number of benzene rings is 1. The zero-order valence-electron chi connectivity index (χ0n) is 12.6. The summed E-state index contributed by atoms with van der Waals surface area (Å²) in [5, 5.41) is 12.5. The average molecular weight is 349 g/mol. The molecule has 0 aliphatic carbocycles. The highest BCUT2D eigenvalue weighted by Crippen LogP contribution is 2.23. The standard InChI is InChI=1S/C15H14ClFN6O/c1-2-18-15-21-12-9(5-6-19-14(12)22-15)13(23-24)20-8-3-4-11(17)10(16)7-8/h3-7,24H,2H2,1H3,(H,20,23)(H2,18,19,21,22). The normalized spacial score (nSPS) is 11.8. The predicted molar refractivity (Wildman–Crippen MR) is 90.6 cm³/mol. The van der Waals surface area contributed by atoms with E-state index < -0.39 is 5.82 Å². The van der Waals surface area contributed by atoms with Crippen molar-refractivity contribution < 1.29 is 9.60 Å². The molecule has 0 atom stereocenters. The highest BCUT2D eigenvalue weighted by Gasteiger charge is 2.13. The van der Waals surface area contributed by atoms with Crippen molar-refractivity contribution in [2.75, 3.05) is 11.9 Å². The summed E-state index contributed by atoms with van der Waals surface area (Å²) in [5.74, 6) is 0.176. The first-order valence-electron chi connectivity index (χ1n) is 7.15. The molecule has 0 radical (unpaired) electrons. The lowest BCUT2D eigenvalue weighted by atomic mass is 10.2. The summed E-state index contributed by atoms with van der Waals surface area (Å²) in [6.45, 7) is 2.64. The van der Waals surface area contributed by atoms with Gasteiger partial charge in [-0.15, -0.1) is 0 Å². The number of aliphatic imine (C=N–C) groups is 1. The number of aromatic amines is 1. The lowest BCUT2D eigenvalue weighted by molar-refractivity contribution is 0.235. The van der Waals surface area contributed by atoms with E-state index in [1.807, 2.05) is 6.92 Å². The lowest BCUT2D eigenvalue weighted by Crippen LogP contribution is -2.20. The van der Waals surface area contributed by atoms with Crippen LogP contribution in [0.1, 0.15) is 12.5 Å². The van der Waals surface area contributed by atoms with Gasteiger partial charge < -0.3 is 10.3 Å². The van der Waals surface area contributed by atoms with Crippen molar-refractivity contribution in [3.63, 3.8) is 0 Å². The van der Waals surface area contributed by atoms with Crippen molar-refractivity contribution in [1.29, 1.82) is 0 Å². The molecular weight excluding hydrogens is 335 g/mol. The molecule has 7 nitrogen and oxygen atoms in total. The third-order valence-corrected chi connectivity index (χ3v) is 3.53. The lowest BCUT2D eigenvalue weighted by Gasteiger charge is -2.06. The fourth-order valence-electron chi connectivity index (χ4n) is 2.19. The Hall–Kier alpha value is -2.71. The molecule has 0 saturated heterocycles. The summed E-state index contributed by atoms with van der Waals surface area (Å²) in [6.07, 6.45) is 1.55. The largest absolute Gasteiger partial charge is 0.356 e. The summed E-state index contributed by atoms with van der Waals surface area (Å²) in [5.41, 5.74) is 4.06. The van der Waals surface area contributed by atoms with E-state index in [4.69, 9.17) is 11.6 Å². The van der Waals surface area contributed by atoms with Gasteiger partial charge in [0.15, 0.2) is 11.5 Å². The molecule has 9 heteroatoms. The third-order valence-electron chi connectivity index (χ3n) is 3.24. The minimum Gasteiger partial charge on any atom is -0.356 e. The van der Waals surface area contributed by atoms with E-state index in [1.54, 1.807) is 12.3 Å². The highest BCUT2D eigenvalue weighted by atomic mass is 35.5. The predicted octanol–water partition coefficient (Wildman–Crippen LogP) is 3.24. The maximum Gasteiger partial charge on any atom is 0.202 e. The van der Waals surface area contributed by atoms with Crippen molar-refractivity contribution in [3.05, 3.63) is 46.9 Å². The van der Waals surface area contributed by atoms with Crippen molar-refractivity contribution in [3.8, 4) is 0 Å². The number of pyridine rings is 1. The van der Waals surface area contributed by atoms with E-state index in [-0.39, 0.29) is 10.9 Å². The van der Waals surface area contributed by atoms with Crippen LogP contribution in [0, 0.1) is 5.82 Å². The van der Waals surface area contributed by atoms with Crippen LogP contribution in [-0.4, -0.2) is 32.5 Å². The summed E-state index contributed by atoms with van der Waals surface area (Å²) in [4.78, 5) is 15.8. The Morgan fingerprint density at radius 2 is 2.25 bits per heavy atom. The molecule has 2 aromatic heterocycles. The second-order valence-electron chi connectivity index (χ2n) is 4.84. The van der Waals surface area contributed by atoms with Crippen LogP contribution in [0.5, 0.6) is 0 Å². The van der Waals surface area contributed by atoms with Gasteiger partial charge in [-0.25, -0.2) is 14.4 Å². The molecule has 0 unspecified atom stereocenters. The summed E-state index contributed by atoms with van der Waals surface area (Å²) < 4.78 is 13.3. The molecule has 4 N–H and O–H groups in total. The Morgan fingerprint density at radius 1 is 1.42 bits per heavy atom. The van der Waals surface area contributed by atoms with Gasteiger partial charge in [0.05, 0.1) is 16.2 Å². The smallest absolute Gasteiger partial charge is 0.202 e. The molecule has 1 aromatic carbocycles. The number of halogens is 2. The Bertz CT molecular complexity index is 910. The minimum absolute atomic E-state index is 0.0515. The van der Waals surface area contributed by atoms with Crippen LogP contribution >= 0.6 is 11.6 Å². The van der Waals surface area contributed by atoms with Crippen molar-refractivity contribution >= 4 is 40.2 Å². The number of imidazole rings is 1. The SMILES string of the molecule is CCNc1nc2nccc(C(=Nc3ccc(F)c(Cl)c3)NO)c2[nH]1. The van der Waals surface area contributed by atoms with E-state index in [1.165, 1.54) is 18.2 Å². The Labute approximate surface area is 141 Å². The Balaban J connectivity index is 2.08. The van der Waals surface area contributed by atoms with Crippen LogP contribution in [0.25, 0.3) is 11.2 Å². The fourth-order valence-corrected chi connectivity index (χ4v) is 2.36. The number of nitrogens with zero attached hydrogens (tertiary/aromatic N) is 3. The molecule has 3 rings (SSSR count). The van der Waals surface area contributed by atoms with Gasteiger partial charge in [-0.2, -0.15) is 4.98 Å². The van der Waals surface area contributed by atoms with E-state index in [9.17, 15) is 9.60 Å². The average Bonchev–Trinajstić information content (AvgIpc) is 2.99. The molecule has 0 aliphatic heterocycles. The van der Waals surface area contributed by atoms with Gasteiger partial charge in [0, 0.05) is 18.3 Å². The molecule has 0 bridgehead atoms. The van der Waals surface area contributed by atoms with E-state index in [0.717, 1.165) is 0 Å². The molecule has 0 amide bonds. The van der Waals surface area contributed by atoms with Gasteiger partial charge in [-0.1, -0.05) is 11.6 Å². The zero-order valence-corrected chi connectivity index (χ0v) is 13.4. The number of anilines is 1. The van der Waals surface area contributed by atoms with Crippen molar-refractivity contribution in [2.45, 2.75) is 6.92 Å². The number of nitrogens with one attached hydrogen (secondary N) is 3. The van der Waals surface area contributed by atoms with Gasteiger partial charge in [0.25, 0.3) is 0 Å². The third kappa shape index (κ3) is 3.15. The molecule has 2 heterocycles. The van der Waals surface area contributed by atoms with Crippen molar-refractivity contribution in [1.82, 2.24) is 20.4 Å². The van der Waals surface area contributed by atoms with Crippen LogP contribution in [0.4, 0.5) is 16.0 Å². The number of aromatic nitrogens is 3. The Kier molecular flexibility index (Phi) is 4.59. The summed E-state index contributed by atoms with van der Waals surface area (Å²) in [7, 11) is 0. The van der Waals surface area contributed by atoms with Crippen LogP contribution in [0.3, 0.4) is 0 Å². The summed E-state index contributed by atoms with van der Waals surface area (Å²) >= 11 is 5.76. The highest BCUT2D eigenvalue weighted by molar-refractivity contribution is 6.31. The number of hydroxylamine groups is 1. The van der Waals surface area contributed by atoms with Crippen LogP contribution in [0.2, 0.25) is 5.02 Å². The molecule has 0 aliphatic rings.